The van der Waals surface area contributed by atoms with Crippen LogP contribution in [0.2, 0.25) is 5.02 Å². The lowest BCUT2D eigenvalue weighted by Gasteiger charge is -2.13. The van der Waals surface area contributed by atoms with Crippen molar-refractivity contribution in [1.82, 2.24) is 9.55 Å². The fourth-order valence-corrected chi connectivity index (χ4v) is 3.49. The van der Waals surface area contributed by atoms with Crippen LogP contribution in [0, 0.1) is 12.7 Å². The van der Waals surface area contributed by atoms with E-state index in [0.29, 0.717) is 16.4 Å². The summed E-state index contributed by atoms with van der Waals surface area (Å²) in [5.74, 6) is -1.47. The number of rotatable bonds is 5. The monoisotopic (exact) mass is 449 g/mol. The summed E-state index contributed by atoms with van der Waals surface area (Å²) in [6, 6.07) is 14.9. The number of ketones is 1. The number of aryl methyl sites for hydroxylation is 1. The Bertz CT molecular complexity index is 1410. The smallest absolute Gasteiger partial charge is 0.244 e. The van der Waals surface area contributed by atoms with Gasteiger partial charge in [-0.05, 0) is 55.5 Å². The highest BCUT2D eigenvalue weighted by Gasteiger charge is 2.19. The Balaban J connectivity index is 1.78. The number of halogens is 2. The van der Waals surface area contributed by atoms with Gasteiger partial charge in [-0.1, -0.05) is 23.7 Å². The van der Waals surface area contributed by atoms with Crippen LogP contribution >= 0.6 is 11.6 Å². The lowest BCUT2D eigenvalue weighted by Crippen LogP contribution is -2.25. The van der Waals surface area contributed by atoms with Crippen molar-refractivity contribution in [1.29, 1.82) is 0 Å². The number of nitrogens with zero attached hydrogens (tertiary/aromatic N) is 2. The average Bonchev–Trinajstić information content (AvgIpc) is 2.77. The lowest BCUT2D eigenvalue weighted by atomic mass is 10.0. The molecule has 0 bridgehead atoms. The zero-order valence-electron chi connectivity index (χ0n) is 16.9. The van der Waals surface area contributed by atoms with Crippen molar-refractivity contribution >= 4 is 40.0 Å². The van der Waals surface area contributed by atoms with E-state index in [1.165, 1.54) is 22.9 Å². The highest BCUT2D eigenvalue weighted by Crippen LogP contribution is 2.21. The van der Waals surface area contributed by atoms with Gasteiger partial charge in [0.25, 0.3) is 0 Å². The van der Waals surface area contributed by atoms with E-state index in [4.69, 9.17) is 11.6 Å². The molecule has 0 saturated heterocycles. The molecule has 0 atom stereocenters. The second kappa shape index (κ2) is 8.72. The summed E-state index contributed by atoms with van der Waals surface area (Å²) in [4.78, 5) is 43.1. The highest BCUT2D eigenvalue weighted by atomic mass is 35.5. The van der Waals surface area contributed by atoms with Crippen molar-refractivity contribution in [3.05, 3.63) is 105 Å². The molecule has 32 heavy (non-hydrogen) atoms. The topological polar surface area (TPSA) is 81.1 Å². The maximum absolute atomic E-state index is 13.3. The second-order valence-corrected chi connectivity index (χ2v) is 7.59. The first kappa shape index (κ1) is 21.4. The van der Waals surface area contributed by atoms with E-state index in [9.17, 15) is 18.8 Å². The number of benzene rings is 2. The van der Waals surface area contributed by atoms with Gasteiger partial charge in [0.1, 0.15) is 18.0 Å². The lowest BCUT2D eigenvalue weighted by molar-refractivity contribution is -0.116. The minimum Gasteiger partial charge on any atom is -0.323 e. The third kappa shape index (κ3) is 4.29. The highest BCUT2D eigenvalue weighted by molar-refractivity contribution is 6.33. The van der Waals surface area contributed by atoms with Gasteiger partial charge in [0.05, 0.1) is 21.7 Å². The van der Waals surface area contributed by atoms with E-state index in [0.717, 1.165) is 12.1 Å². The number of fused-ring (bicyclic) bond motifs is 1. The summed E-state index contributed by atoms with van der Waals surface area (Å²) in [6.45, 7) is 1.55. The first-order valence-electron chi connectivity index (χ1n) is 9.69. The van der Waals surface area contributed by atoms with Crippen LogP contribution in [0.5, 0.6) is 0 Å². The number of hydrogen-bond donors (Lipinski definition) is 1. The molecule has 0 fully saturated rings. The van der Waals surface area contributed by atoms with Gasteiger partial charge in [-0.3, -0.25) is 14.4 Å². The van der Waals surface area contributed by atoms with E-state index >= 15 is 0 Å². The number of carbonyl (C=O) groups excluding carboxylic acids is 2. The van der Waals surface area contributed by atoms with Crippen LogP contribution in [0.15, 0.2) is 71.7 Å². The van der Waals surface area contributed by atoms with Gasteiger partial charge >= 0.3 is 0 Å². The Kier molecular flexibility index (Phi) is 5.83. The Morgan fingerprint density at radius 2 is 1.78 bits per heavy atom. The van der Waals surface area contributed by atoms with Crippen molar-refractivity contribution < 1.29 is 14.0 Å². The van der Waals surface area contributed by atoms with Crippen LogP contribution in [0.4, 0.5) is 10.1 Å². The average molecular weight is 450 g/mol. The fraction of sp³-hybridized carbons (Fsp3) is 0.0833. The van der Waals surface area contributed by atoms with Crippen LogP contribution in [-0.4, -0.2) is 21.2 Å². The Hall–Kier alpha value is -3.84. The molecule has 2 heterocycles. The van der Waals surface area contributed by atoms with E-state index in [1.54, 1.807) is 43.3 Å². The maximum atomic E-state index is 13.3. The van der Waals surface area contributed by atoms with Crippen LogP contribution in [0.25, 0.3) is 11.0 Å². The number of nitrogens with one attached hydrogen (secondary N) is 1. The van der Waals surface area contributed by atoms with Crippen molar-refractivity contribution in [2.24, 2.45) is 0 Å². The van der Waals surface area contributed by atoms with E-state index in [2.05, 4.69) is 10.3 Å². The number of carbonyl (C=O) groups is 2. The second-order valence-electron chi connectivity index (χ2n) is 7.19. The van der Waals surface area contributed by atoms with Gasteiger partial charge in [-0.25, -0.2) is 9.37 Å². The van der Waals surface area contributed by atoms with Crippen LogP contribution in [-0.2, 0) is 11.3 Å². The molecule has 0 saturated carbocycles. The van der Waals surface area contributed by atoms with Crippen LogP contribution in [0.1, 0.15) is 21.6 Å². The molecule has 2 aromatic carbocycles. The van der Waals surface area contributed by atoms with Crippen LogP contribution in [0.3, 0.4) is 0 Å². The zero-order valence-corrected chi connectivity index (χ0v) is 17.7. The van der Waals surface area contributed by atoms with Gasteiger partial charge in [0.15, 0.2) is 5.78 Å². The molecular weight excluding hydrogens is 433 g/mol. The summed E-state index contributed by atoms with van der Waals surface area (Å²) in [6.07, 6.45) is 1.31. The van der Waals surface area contributed by atoms with Gasteiger partial charge in [-0.15, -0.1) is 0 Å². The molecule has 160 valence electrons. The third-order valence-corrected chi connectivity index (χ3v) is 5.20. The minimum absolute atomic E-state index is 0.139. The molecule has 8 heteroatoms. The normalized spacial score (nSPS) is 10.8. The molecule has 6 nitrogen and oxygen atoms in total. The SMILES string of the molecule is Cc1ccc2c(=O)c(C(=O)c3ccc(F)cc3)cn(CC(=O)Nc3ccccc3Cl)c2n1. The van der Waals surface area contributed by atoms with Crippen LogP contribution < -0.4 is 10.7 Å². The molecule has 0 unspecified atom stereocenters. The molecular formula is C24H17ClFN3O3. The molecule has 4 aromatic rings. The van der Waals surface area contributed by atoms with E-state index in [-0.39, 0.29) is 28.7 Å². The van der Waals surface area contributed by atoms with Crippen molar-refractivity contribution in [3.8, 4) is 0 Å². The number of aromatic nitrogens is 2. The minimum atomic E-state index is -0.572. The summed E-state index contributed by atoms with van der Waals surface area (Å²) in [5, 5.41) is 3.30. The quantitative estimate of drug-likeness (QED) is 0.459. The predicted molar refractivity (Wildman–Crippen MR) is 121 cm³/mol. The van der Waals surface area contributed by atoms with Gasteiger partial charge in [-0.2, -0.15) is 0 Å². The fourth-order valence-electron chi connectivity index (χ4n) is 3.31. The largest absolute Gasteiger partial charge is 0.323 e. The molecule has 0 spiro atoms. The predicted octanol–water partition coefficient (Wildman–Crippen LogP) is 4.37. The molecule has 0 aliphatic heterocycles. The van der Waals surface area contributed by atoms with E-state index < -0.39 is 22.9 Å². The number of anilines is 1. The van der Waals surface area contributed by atoms with Crippen molar-refractivity contribution in [2.75, 3.05) is 5.32 Å². The molecule has 2 aromatic heterocycles. The van der Waals surface area contributed by atoms with Crippen molar-refractivity contribution in [2.45, 2.75) is 13.5 Å². The maximum Gasteiger partial charge on any atom is 0.244 e. The first-order chi connectivity index (χ1) is 15.3. The van der Waals surface area contributed by atoms with Crippen molar-refractivity contribution in [3.63, 3.8) is 0 Å². The summed E-state index contributed by atoms with van der Waals surface area (Å²) < 4.78 is 14.7. The first-order valence-corrected chi connectivity index (χ1v) is 10.1. The standard InChI is InChI=1S/C24H17ClFN3O3/c1-14-6-11-17-23(32)18(22(31)15-7-9-16(26)10-8-15)12-29(24(17)27-14)13-21(30)28-20-5-3-2-4-19(20)25/h2-12H,13H2,1H3,(H,28,30). The molecule has 4 rings (SSSR count). The Morgan fingerprint density at radius 1 is 1.06 bits per heavy atom. The third-order valence-electron chi connectivity index (χ3n) is 4.87. The Labute approximate surface area is 187 Å². The summed E-state index contributed by atoms with van der Waals surface area (Å²) >= 11 is 6.11. The number of hydrogen-bond acceptors (Lipinski definition) is 4. The van der Waals surface area contributed by atoms with Gasteiger partial charge in [0, 0.05) is 17.5 Å². The molecule has 1 amide bonds. The van der Waals surface area contributed by atoms with Gasteiger partial charge in [0.2, 0.25) is 11.3 Å². The summed E-state index contributed by atoms with van der Waals surface area (Å²) in [5.41, 5.74) is 0.880. The number of pyridine rings is 2. The molecule has 0 aliphatic carbocycles. The number of amides is 1. The number of para-hydroxylation sites is 1. The molecule has 1 N–H and O–H groups in total. The van der Waals surface area contributed by atoms with Gasteiger partial charge < -0.3 is 9.88 Å². The zero-order chi connectivity index (χ0) is 22.8. The van der Waals surface area contributed by atoms with E-state index in [1.807, 2.05) is 0 Å². The Morgan fingerprint density at radius 3 is 2.50 bits per heavy atom. The molecule has 0 aliphatic rings. The summed E-state index contributed by atoms with van der Waals surface area (Å²) in [7, 11) is 0. The molecule has 0 radical (unpaired) electrons.